The molecule has 0 aliphatic carbocycles. The molecule has 0 bridgehead atoms. The topological polar surface area (TPSA) is 29.1 Å². The van der Waals surface area contributed by atoms with Gasteiger partial charge in [0, 0.05) is 21.3 Å². The SMILES string of the molecule is Cc1cc(Cl)cc(NC(C(=O)c2ccc(Cl)cc2)c2ccc(F)c(Cl)c2)c1. The Morgan fingerprint density at radius 3 is 2.26 bits per heavy atom. The molecular weight excluding hydrogens is 408 g/mol. The zero-order valence-electron chi connectivity index (χ0n) is 14.3. The third-order valence-electron chi connectivity index (χ3n) is 4.02. The lowest BCUT2D eigenvalue weighted by atomic mass is 9.97. The third kappa shape index (κ3) is 4.81. The first-order valence-corrected chi connectivity index (χ1v) is 9.25. The molecule has 3 aromatic rings. The van der Waals surface area contributed by atoms with Crippen LogP contribution in [0.25, 0.3) is 0 Å². The van der Waals surface area contributed by atoms with Crippen LogP contribution in [-0.2, 0) is 0 Å². The molecule has 6 heteroatoms. The third-order valence-corrected chi connectivity index (χ3v) is 4.78. The van der Waals surface area contributed by atoms with E-state index in [1.54, 1.807) is 30.3 Å². The Morgan fingerprint density at radius 1 is 0.926 bits per heavy atom. The summed E-state index contributed by atoms with van der Waals surface area (Å²) in [6, 6.07) is 15.4. The molecule has 0 spiro atoms. The maximum Gasteiger partial charge on any atom is 0.189 e. The van der Waals surface area contributed by atoms with Crippen LogP contribution < -0.4 is 5.32 Å². The molecule has 3 aromatic carbocycles. The van der Waals surface area contributed by atoms with Gasteiger partial charge in [-0.25, -0.2) is 4.39 Å². The van der Waals surface area contributed by atoms with E-state index in [0.717, 1.165) is 5.56 Å². The Labute approximate surface area is 171 Å². The van der Waals surface area contributed by atoms with E-state index in [1.807, 2.05) is 19.1 Å². The van der Waals surface area contributed by atoms with Crippen molar-refractivity contribution in [3.05, 3.63) is 98.2 Å². The predicted molar refractivity (Wildman–Crippen MR) is 110 cm³/mol. The van der Waals surface area contributed by atoms with Gasteiger partial charge in [0.15, 0.2) is 5.78 Å². The van der Waals surface area contributed by atoms with Gasteiger partial charge in [0.05, 0.1) is 5.02 Å². The second-order valence-corrected chi connectivity index (χ2v) is 7.42. The number of hydrogen-bond acceptors (Lipinski definition) is 2. The van der Waals surface area contributed by atoms with Crippen molar-refractivity contribution in [3.8, 4) is 0 Å². The summed E-state index contributed by atoms with van der Waals surface area (Å²) >= 11 is 18.0. The van der Waals surface area contributed by atoms with Crippen LogP contribution in [0.1, 0.15) is 27.5 Å². The van der Waals surface area contributed by atoms with E-state index in [-0.39, 0.29) is 10.8 Å². The van der Waals surface area contributed by atoms with E-state index in [9.17, 15) is 9.18 Å². The smallest absolute Gasteiger partial charge is 0.189 e. The lowest BCUT2D eigenvalue weighted by Gasteiger charge is -2.20. The highest BCUT2D eigenvalue weighted by Gasteiger charge is 2.23. The van der Waals surface area contributed by atoms with Gasteiger partial charge < -0.3 is 5.32 Å². The molecular formula is C21H15Cl3FNO. The lowest BCUT2D eigenvalue weighted by Crippen LogP contribution is -2.21. The van der Waals surface area contributed by atoms with Gasteiger partial charge in [0.25, 0.3) is 0 Å². The van der Waals surface area contributed by atoms with E-state index in [1.165, 1.54) is 18.2 Å². The first kappa shape index (κ1) is 19.7. The average Bonchev–Trinajstić information content (AvgIpc) is 2.61. The van der Waals surface area contributed by atoms with E-state index < -0.39 is 11.9 Å². The van der Waals surface area contributed by atoms with Crippen LogP contribution in [0.5, 0.6) is 0 Å². The Morgan fingerprint density at radius 2 is 1.63 bits per heavy atom. The zero-order chi connectivity index (χ0) is 19.6. The molecule has 3 rings (SSSR count). The minimum atomic E-state index is -0.776. The molecule has 0 aliphatic heterocycles. The fourth-order valence-corrected chi connectivity index (χ4v) is 3.36. The summed E-state index contributed by atoms with van der Waals surface area (Å²) in [7, 11) is 0. The summed E-state index contributed by atoms with van der Waals surface area (Å²) in [5.74, 6) is -0.747. The number of aryl methyl sites for hydroxylation is 1. The number of benzene rings is 3. The van der Waals surface area contributed by atoms with Gasteiger partial charge in [-0.05, 0) is 72.6 Å². The molecule has 0 amide bonds. The first-order valence-electron chi connectivity index (χ1n) is 8.12. The maximum atomic E-state index is 13.6. The lowest BCUT2D eigenvalue weighted by molar-refractivity contribution is 0.0969. The van der Waals surface area contributed by atoms with Crippen LogP contribution in [0.3, 0.4) is 0 Å². The number of halogens is 4. The summed E-state index contributed by atoms with van der Waals surface area (Å²) in [6.45, 7) is 1.90. The number of Topliss-reactive ketones (excluding diaryl/α,β-unsaturated/α-hetero) is 1. The molecule has 0 heterocycles. The molecule has 1 unspecified atom stereocenters. The number of hydrogen-bond donors (Lipinski definition) is 1. The molecule has 2 nitrogen and oxygen atoms in total. The fraction of sp³-hybridized carbons (Fsp3) is 0.0952. The van der Waals surface area contributed by atoms with Crippen LogP contribution in [0, 0.1) is 12.7 Å². The standard InChI is InChI=1S/C21H15Cl3FNO/c1-12-8-16(23)11-17(9-12)26-20(14-4-7-19(25)18(24)10-14)21(27)13-2-5-15(22)6-3-13/h2-11,20,26H,1H3. The number of carbonyl (C=O) groups excluding carboxylic acids is 1. The van der Waals surface area contributed by atoms with Crippen molar-refractivity contribution in [1.82, 2.24) is 0 Å². The number of nitrogens with one attached hydrogen (secondary N) is 1. The van der Waals surface area contributed by atoms with Gasteiger partial charge in [-0.3, -0.25) is 4.79 Å². The average molecular weight is 423 g/mol. The molecule has 0 saturated heterocycles. The number of carbonyl (C=O) groups is 1. The molecule has 0 aliphatic rings. The van der Waals surface area contributed by atoms with E-state index >= 15 is 0 Å². The molecule has 0 aromatic heterocycles. The highest BCUT2D eigenvalue weighted by Crippen LogP contribution is 2.29. The van der Waals surface area contributed by atoms with Crippen molar-refractivity contribution in [2.24, 2.45) is 0 Å². The Bertz CT molecular complexity index is 969. The summed E-state index contributed by atoms with van der Waals surface area (Å²) in [6.07, 6.45) is 0. The molecule has 0 saturated carbocycles. The molecule has 138 valence electrons. The van der Waals surface area contributed by atoms with Crippen molar-refractivity contribution in [3.63, 3.8) is 0 Å². The van der Waals surface area contributed by atoms with Gasteiger partial charge in [0.2, 0.25) is 0 Å². The van der Waals surface area contributed by atoms with Gasteiger partial charge >= 0.3 is 0 Å². The second kappa shape index (κ2) is 8.30. The maximum absolute atomic E-state index is 13.6. The number of anilines is 1. The van der Waals surface area contributed by atoms with Crippen molar-refractivity contribution in [2.45, 2.75) is 13.0 Å². The van der Waals surface area contributed by atoms with Crippen molar-refractivity contribution in [1.29, 1.82) is 0 Å². The van der Waals surface area contributed by atoms with Crippen LogP contribution in [0.4, 0.5) is 10.1 Å². The summed E-state index contributed by atoms with van der Waals surface area (Å²) in [5, 5.41) is 4.22. The Balaban J connectivity index is 2.03. The van der Waals surface area contributed by atoms with E-state index in [4.69, 9.17) is 34.8 Å². The number of ketones is 1. The first-order chi connectivity index (χ1) is 12.8. The Kier molecular flexibility index (Phi) is 6.05. The van der Waals surface area contributed by atoms with E-state index in [2.05, 4.69) is 5.32 Å². The largest absolute Gasteiger partial charge is 0.371 e. The summed E-state index contributed by atoms with van der Waals surface area (Å²) in [4.78, 5) is 13.2. The van der Waals surface area contributed by atoms with Crippen molar-refractivity contribution in [2.75, 3.05) is 5.32 Å². The van der Waals surface area contributed by atoms with Gasteiger partial charge in [0.1, 0.15) is 11.9 Å². The minimum absolute atomic E-state index is 0.0505. The normalized spacial score (nSPS) is 11.9. The van der Waals surface area contributed by atoms with Crippen LogP contribution in [0.15, 0.2) is 60.7 Å². The van der Waals surface area contributed by atoms with Gasteiger partial charge in [-0.1, -0.05) is 40.9 Å². The molecule has 0 fully saturated rings. The summed E-state index contributed by atoms with van der Waals surface area (Å²) < 4.78 is 13.6. The monoisotopic (exact) mass is 421 g/mol. The van der Waals surface area contributed by atoms with Crippen LogP contribution >= 0.6 is 34.8 Å². The molecule has 27 heavy (non-hydrogen) atoms. The predicted octanol–water partition coefficient (Wildman–Crippen LogP) is 7.13. The molecule has 0 radical (unpaired) electrons. The van der Waals surface area contributed by atoms with Gasteiger partial charge in [-0.15, -0.1) is 0 Å². The molecule has 1 N–H and O–H groups in total. The van der Waals surface area contributed by atoms with Crippen molar-refractivity contribution < 1.29 is 9.18 Å². The fourth-order valence-electron chi connectivity index (χ4n) is 2.76. The summed E-state index contributed by atoms with van der Waals surface area (Å²) in [5.41, 5.74) is 2.63. The minimum Gasteiger partial charge on any atom is -0.371 e. The Hall–Kier alpha value is -2.07. The molecule has 1 atom stereocenters. The van der Waals surface area contributed by atoms with Crippen LogP contribution in [0.2, 0.25) is 15.1 Å². The zero-order valence-corrected chi connectivity index (χ0v) is 16.5. The highest BCUT2D eigenvalue weighted by atomic mass is 35.5. The second-order valence-electron chi connectivity index (χ2n) is 6.14. The van der Waals surface area contributed by atoms with Crippen LogP contribution in [-0.4, -0.2) is 5.78 Å². The van der Waals surface area contributed by atoms with E-state index in [0.29, 0.717) is 26.9 Å². The highest BCUT2D eigenvalue weighted by molar-refractivity contribution is 6.31. The van der Waals surface area contributed by atoms with Crippen molar-refractivity contribution >= 4 is 46.3 Å². The van der Waals surface area contributed by atoms with Gasteiger partial charge in [-0.2, -0.15) is 0 Å². The quantitative estimate of drug-likeness (QED) is 0.443. The number of rotatable bonds is 5.